The number of hydrogen-bond acceptors (Lipinski definition) is 6. The quantitative estimate of drug-likeness (QED) is 0.286. The second-order valence-corrected chi connectivity index (χ2v) is 8.81. The first kappa shape index (κ1) is 23.3. The standard InChI is InChI=1S/C28H23N3O4S/c1-2-34-21-12-8-19(9-13-21)24-17-36-27-26(24)28(33)31(18-29-27)16-25(32)30-20-10-14-23(15-11-20)35-22-6-4-3-5-7-22/h3-15,17-18H,2,16H2,1H3,(H,30,32). The fourth-order valence-electron chi connectivity index (χ4n) is 3.78. The lowest BCUT2D eigenvalue weighted by molar-refractivity contribution is -0.116. The Bertz CT molecular complexity index is 1540. The number of hydrogen-bond donors (Lipinski definition) is 1. The molecule has 1 N–H and O–H groups in total. The first-order valence-corrected chi connectivity index (χ1v) is 12.3. The molecule has 0 atom stereocenters. The molecule has 7 nitrogen and oxygen atoms in total. The van der Waals surface area contributed by atoms with Gasteiger partial charge < -0.3 is 14.8 Å². The minimum Gasteiger partial charge on any atom is -0.494 e. The number of amides is 1. The Hall–Kier alpha value is -4.43. The molecule has 0 saturated carbocycles. The fraction of sp³-hybridized carbons (Fsp3) is 0.107. The number of ether oxygens (including phenoxy) is 2. The molecule has 0 aliphatic rings. The molecule has 1 amide bonds. The van der Waals surface area contributed by atoms with Crippen LogP contribution in [0.25, 0.3) is 21.3 Å². The second-order valence-electron chi connectivity index (χ2n) is 7.95. The summed E-state index contributed by atoms with van der Waals surface area (Å²) in [6, 6.07) is 24.1. The van der Waals surface area contributed by atoms with E-state index in [2.05, 4.69) is 10.3 Å². The maximum absolute atomic E-state index is 13.3. The van der Waals surface area contributed by atoms with Gasteiger partial charge in [0.2, 0.25) is 5.91 Å². The molecular formula is C28H23N3O4S. The molecule has 2 heterocycles. The molecule has 0 aliphatic heterocycles. The highest BCUT2D eigenvalue weighted by molar-refractivity contribution is 7.17. The van der Waals surface area contributed by atoms with Gasteiger partial charge in [0.15, 0.2) is 0 Å². The molecule has 2 aromatic heterocycles. The summed E-state index contributed by atoms with van der Waals surface area (Å²) in [6.45, 7) is 2.37. The van der Waals surface area contributed by atoms with Crippen LogP contribution in [-0.4, -0.2) is 22.1 Å². The van der Waals surface area contributed by atoms with Gasteiger partial charge in [0.05, 0.1) is 18.3 Å². The Kier molecular flexibility index (Phi) is 6.77. The number of nitrogens with zero attached hydrogens (tertiary/aromatic N) is 2. The fourth-order valence-corrected chi connectivity index (χ4v) is 4.68. The van der Waals surface area contributed by atoms with Crippen molar-refractivity contribution in [3.63, 3.8) is 0 Å². The van der Waals surface area contributed by atoms with Crippen LogP contribution in [-0.2, 0) is 11.3 Å². The summed E-state index contributed by atoms with van der Waals surface area (Å²) in [5, 5.41) is 5.24. The van der Waals surface area contributed by atoms with Crippen LogP contribution in [0.2, 0.25) is 0 Å². The van der Waals surface area contributed by atoms with Gasteiger partial charge in [0.25, 0.3) is 5.56 Å². The van der Waals surface area contributed by atoms with E-state index in [9.17, 15) is 9.59 Å². The number of rotatable bonds is 8. The molecule has 5 rings (SSSR count). The summed E-state index contributed by atoms with van der Waals surface area (Å²) in [6.07, 6.45) is 1.42. The molecule has 8 heteroatoms. The van der Waals surface area contributed by atoms with Crippen molar-refractivity contribution >= 4 is 33.1 Å². The van der Waals surface area contributed by atoms with E-state index in [1.807, 2.05) is 66.9 Å². The summed E-state index contributed by atoms with van der Waals surface area (Å²) in [5.74, 6) is 1.83. The molecule has 0 fully saturated rings. The summed E-state index contributed by atoms with van der Waals surface area (Å²) < 4.78 is 12.6. The molecular weight excluding hydrogens is 474 g/mol. The number of nitrogens with one attached hydrogen (secondary N) is 1. The minimum absolute atomic E-state index is 0.150. The highest BCUT2D eigenvalue weighted by Crippen LogP contribution is 2.31. The molecule has 0 radical (unpaired) electrons. The lowest BCUT2D eigenvalue weighted by Gasteiger charge is -2.09. The maximum atomic E-state index is 13.3. The Labute approximate surface area is 211 Å². The molecule has 0 aliphatic carbocycles. The van der Waals surface area contributed by atoms with Crippen molar-refractivity contribution < 1.29 is 14.3 Å². The summed E-state index contributed by atoms with van der Waals surface area (Å²) >= 11 is 1.40. The first-order chi connectivity index (χ1) is 17.6. The third kappa shape index (κ3) is 5.13. The normalized spacial score (nSPS) is 10.8. The number of carbonyl (C=O) groups is 1. The van der Waals surface area contributed by atoms with Crippen molar-refractivity contribution in [1.82, 2.24) is 9.55 Å². The summed E-state index contributed by atoms with van der Waals surface area (Å²) in [5.41, 5.74) is 2.03. The van der Waals surface area contributed by atoms with Gasteiger partial charge in [-0.1, -0.05) is 30.3 Å². The van der Waals surface area contributed by atoms with Crippen molar-refractivity contribution in [3.8, 4) is 28.4 Å². The van der Waals surface area contributed by atoms with Crippen molar-refractivity contribution in [2.45, 2.75) is 13.5 Å². The van der Waals surface area contributed by atoms with Crippen LogP contribution in [0.4, 0.5) is 5.69 Å². The van der Waals surface area contributed by atoms with E-state index in [0.717, 1.165) is 22.6 Å². The number of fused-ring (bicyclic) bond motifs is 1. The van der Waals surface area contributed by atoms with Gasteiger partial charge in [-0.15, -0.1) is 11.3 Å². The van der Waals surface area contributed by atoms with E-state index in [0.29, 0.717) is 28.3 Å². The van der Waals surface area contributed by atoms with Crippen LogP contribution >= 0.6 is 11.3 Å². The topological polar surface area (TPSA) is 82.5 Å². The van der Waals surface area contributed by atoms with E-state index in [-0.39, 0.29) is 18.0 Å². The average Bonchev–Trinajstić information content (AvgIpc) is 3.33. The number of aromatic nitrogens is 2. The van der Waals surface area contributed by atoms with Crippen LogP contribution in [0, 0.1) is 0 Å². The number of thiophene rings is 1. The number of para-hydroxylation sites is 1. The van der Waals surface area contributed by atoms with Crippen LogP contribution < -0.4 is 20.3 Å². The van der Waals surface area contributed by atoms with E-state index >= 15 is 0 Å². The van der Waals surface area contributed by atoms with Crippen LogP contribution in [0.3, 0.4) is 0 Å². The zero-order valence-electron chi connectivity index (χ0n) is 19.5. The minimum atomic E-state index is -0.326. The van der Waals surface area contributed by atoms with Crippen molar-refractivity contribution in [2.24, 2.45) is 0 Å². The van der Waals surface area contributed by atoms with Gasteiger partial charge in [0.1, 0.15) is 28.6 Å². The molecule has 0 spiro atoms. The number of anilines is 1. The monoisotopic (exact) mass is 497 g/mol. The van der Waals surface area contributed by atoms with Gasteiger partial charge in [-0.3, -0.25) is 14.2 Å². The van der Waals surface area contributed by atoms with Gasteiger partial charge in [-0.05, 0) is 61.0 Å². The van der Waals surface area contributed by atoms with Gasteiger partial charge >= 0.3 is 0 Å². The second kappa shape index (κ2) is 10.5. The SMILES string of the molecule is CCOc1ccc(-c2csc3ncn(CC(=O)Nc4ccc(Oc5ccccc5)cc4)c(=O)c23)cc1. The first-order valence-electron chi connectivity index (χ1n) is 11.4. The highest BCUT2D eigenvalue weighted by atomic mass is 32.1. The molecule has 0 bridgehead atoms. The predicted octanol–water partition coefficient (Wildman–Crippen LogP) is 5.95. The molecule has 36 heavy (non-hydrogen) atoms. The third-order valence-electron chi connectivity index (χ3n) is 5.47. The van der Waals surface area contributed by atoms with Crippen molar-refractivity contribution in [2.75, 3.05) is 11.9 Å². The van der Waals surface area contributed by atoms with E-state index < -0.39 is 0 Å². The largest absolute Gasteiger partial charge is 0.494 e. The summed E-state index contributed by atoms with van der Waals surface area (Å²) in [7, 11) is 0. The molecule has 0 saturated heterocycles. The van der Waals surface area contributed by atoms with Gasteiger partial charge in [-0.2, -0.15) is 0 Å². The van der Waals surface area contributed by atoms with Crippen LogP contribution in [0.5, 0.6) is 17.2 Å². The van der Waals surface area contributed by atoms with Crippen molar-refractivity contribution in [3.05, 3.63) is 101 Å². The Balaban J connectivity index is 1.30. The van der Waals surface area contributed by atoms with E-state index in [1.165, 1.54) is 22.2 Å². The number of carbonyl (C=O) groups excluding carboxylic acids is 1. The smallest absolute Gasteiger partial charge is 0.263 e. The Morgan fingerprint density at radius 3 is 2.36 bits per heavy atom. The summed E-state index contributed by atoms with van der Waals surface area (Å²) in [4.78, 5) is 31.0. The van der Waals surface area contributed by atoms with Gasteiger partial charge in [0, 0.05) is 16.6 Å². The van der Waals surface area contributed by atoms with Crippen LogP contribution in [0.15, 0.2) is 95.4 Å². The number of benzene rings is 3. The average molecular weight is 498 g/mol. The van der Waals surface area contributed by atoms with Gasteiger partial charge in [-0.25, -0.2) is 4.98 Å². The Morgan fingerprint density at radius 2 is 1.64 bits per heavy atom. The molecule has 0 unspecified atom stereocenters. The van der Waals surface area contributed by atoms with E-state index in [4.69, 9.17) is 9.47 Å². The van der Waals surface area contributed by atoms with Crippen molar-refractivity contribution in [1.29, 1.82) is 0 Å². The lowest BCUT2D eigenvalue weighted by Crippen LogP contribution is -2.27. The molecule has 180 valence electrons. The zero-order valence-corrected chi connectivity index (χ0v) is 20.3. The predicted molar refractivity (Wildman–Crippen MR) is 142 cm³/mol. The molecule has 5 aromatic rings. The maximum Gasteiger partial charge on any atom is 0.263 e. The van der Waals surface area contributed by atoms with E-state index in [1.54, 1.807) is 24.3 Å². The third-order valence-corrected chi connectivity index (χ3v) is 6.35. The lowest BCUT2D eigenvalue weighted by atomic mass is 10.1. The highest BCUT2D eigenvalue weighted by Gasteiger charge is 2.15. The zero-order chi connectivity index (χ0) is 24.9. The molecule has 3 aromatic carbocycles. The van der Waals surface area contributed by atoms with Crippen LogP contribution in [0.1, 0.15) is 6.92 Å². The Morgan fingerprint density at radius 1 is 0.944 bits per heavy atom.